The van der Waals surface area contributed by atoms with E-state index in [1.165, 1.54) is 0 Å². The highest BCUT2D eigenvalue weighted by Crippen LogP contribution is 2.40. The normalized spacial score (nSPS) is 15.7. The maximum absolute atomic E-state index is 5.78. The van der Waals surface area contributed by atoms with Gasteiger partial charge in [-0.05, 0) is 40.7 Å². The molecule has 4 nitrogen and oxygen atoms in total. The number of hydrogen-bond acceptors (Lipinski definition) is 5. The van der Waals surface area contributed by atoms with E-state index >= 15 is 0 Å². The van der Waals surface area contributed by atoms with Crippen LogP contribution in [0, 0.1) is 0 Å². The predicted molar refractivity (Wildman–Crippen MR) is 82.8 cm³/mol. The average molecular weight is 355 g/mol. The quantitative estimate of drug-likeness (QED) is 0.917. The number of thiazole rings is 1. The summed E-state index contributed by atoms with van der Waals surface area (Å²) in [6, 6.07) is 4.16. The lowest BCUT2D eigenvalue weighted by molar-refractivity contribution is 0.296. The fourth-order valence-electron chi connectivity index (χ4n) is 2.23. The second-order valence-corrected chi connectivity index (χ2v) is 6.25. The first kappa shape index (κ1) is 13.9. The Morgan fingerprint density at radius 3 is 2.95 bits per heavy atom. The molecule has 0 amide bonds. The predicted octanol–water partition coefficient (Wildman–Crippen LogP) is 3.38. The van der Waals surface area contributed by atoms with Crippen molar-refractivity contribution >= 4 is 27.3 Å². The highest BCUT2D eigenvalue weighted by atomic mass is 79.9. The Labute approximate surface area is 130 Å². The molecule has 6 heteroatoms. The highest BCUT2D eigenvalue weighted by Gasteiger charge is 2.21. The standard InChI is InChI=1S/C14H15BrN2O2S/c1-16-12(14-17-3-6-20-14)9-7-10(15)13-11(8-9)18-4-2-5-19-13/h3,6-8,12,16H,2,4-5H2,1H3. The molecule has 0 aliphatic carbocycles. The molecule has 1 atom stereocenters. The van der Waals surface area contributed by atoms with Gasteiger partial charge in [0.2, 0.25) is 0 Å². The molecule has 0 saturated heterocycles. The number of nitrogens with zero attached hydrogens (tertiary/aromatic N) is 1. The van der Waals surface area contributed by atoms with Crippen LogP contribution >= 0.6 is 27.3 Å². The van der Waals surface area contributed by atoms with Gasteiger partial charge in [0.1, 0.15) is 5.01 Å². The van der Waals surface area contributed by atoms with Crippen LogP contribution in [0.1, 0.15) is 23.0 Å². The van der Waals surface area contributed by atoms with Crippen LogP contribution in [0.15, 0.2) is 28.2 Å². The van der Waals surface area contributed by atoms with Crippen molar-refractivity contribution in [2.45, 2.75) is 12.5 Å². The molecule has 1 N–H and O–H groups in total. The Balaban J connectivity index is 2.01. The molecule has 2 aromatic rings. The fourth-order valence-corrected chi connectivity index (χ4v) is 3.57. The topological polar surface area (TPSA) is 43.4 Å². The molecule has 3 rings (SSSR count). The van der Waals surface area contributed by atoms with E-state index in [9.17, 15) is 0 Å². The second kappa shape index (κ2) is 6.11. The Kier molecular flexibility index (Phi) is 4.24. The van der Waals surface area contributed by atoms with Crippen LogP contribution in [0.4, 0.5) is 0 Å². The minimum absolute atomic E-state index is 0.0588. The van der Waals surface area contributed by atoms with Crippen molar-refractivity contribution in [3.63, 3.8) is 0 Å². The summed E-state index contributed by atoms with van der Waals surface area (Å²) in [5.41, 5.74) is 1.11. The number of halogens is 1. The van der Waals surface area contributed by atoms with Crippen molar-refractivity contribution in [3.8, 4) is 11.5 Å². The maximum Gasteiger partial charge on any atom is 0.175 e. The van der Waals surface area contributed by atoms with Crippen LogP contribution in [0.25, 0.3) is 0 Å². The first-order chi connectivity index (χ1) is 9.79. The van der Waals surface area contributed by atoms with Gasteiger partial charge in [0.15, 0.2) is 11.5 Å². The Bertz CT molecular complexity index is 589. The summed E-state index contributed by atoms with van der Waals surface area (Å²) < 4.78 is 12.4. The number of fused-ring (bicyclic) bond motifs is 1. The third-order valence-corrected chi connectivity index (χ3v) is 4.57. The maximum atomic E-state index is 5.78. The van der Waals surface area contributed by atoms with Crippen LogP contribution in [-0.4, -0.2) is 25.2 Å². The molecule has 1 aromatic carbocycles. The monoisotopic (exact) mass is 354 g/mol. The lowest BCUT2D eigenvalue weighted by Crippen LogP contribution is -2.17. The first-order valence-electron chi connectivity index (χ1n) is 6.45. The summed E-state index contributed by atoms with van der Waals surface area (Å²) in [6.07, 6.45) is 2.72. The highest BCUT2D eigenvalue weighted by molar-refractivity contribution is 9.10. The van der Waals surface area contributed by atoms with Crippen molar-refractivity contribution < 1.29 is 9.47 Å². The minimum Gasteiger partial charge on any atom is -0.490 e. The molecule has 20 heavy (non-hydrogen) atoms. The molecule has 1 unspecified atom stereocenters. The smallest absolute Gasteiger partial charge is 0.175 e. The molecule has 2 heterocycles. The molecule has 1 aromatic heterocycles. The number of aromatic nitrogens is 1. The van der Waals surface area contributed by atoms with Crippen molar-refractivity contribution in [1.82, 2.24) is 10.3 Å². The van der Waals surface area contributed by atoms with Gasteiger partial charge in [-0.2, -0.15) is 0 Å². The summed E-state index contributed by atoms with van der Waals surface area (Å²) in [5, 5.41) is 6.32. The number of hydrogen-bond donors (Lipinski definition) is 1. The third-order valence-electron chi connectivity index (χ3n) is 3.14. The summed E-state index contributed by atoms with van der Waals surface area (Å²) in [5.74, 6) is 1.59. The van der Waals surface area contributed by atoms with Crippen molar-refractivity contribution in [3.05, 3.63) is 38.8 Å². The van der Waals surface area contributed by atoms with Crippen LogP contribution < -0.4 is 14.8 Å². The summed E-state index contributed by atoms with van der Waals surface area (Å²) in [4.78, 5) is 4.39. The van der Waals surface area contributed by atoms with E-state index in [2.05, 4.69) is 32.3 Å². The van der Waals surface area contributed by atoms with E-state index < -0.39 is 0 Å². The fraction of sp³-hybridized carbons (Fsp3) is 0.357. The zero-order chi connectivity index (χ0) is 13.9. The van der Waals surface area contributed by atoms with Gasteiger partial charge in [0.05, 0.1) is 23.7 Å². The summed E-state index contributed by atoms with van der Waals surface area (Å²) in [7, 11) is 1.93. The lowest BCUT2D eigenvalue weighted by atomic mass is 10.1. The second-order valence-electron chi connectivity index (χ2n) is 4.47. The molecule has 0 bridgehead atoms. The molecule has 1 aliphatic rings. The molecular weight excluding hydrogens is 340 g/mol. The van der Waals surface area contributed by atoms with Gasteiger partial charge < -0.3 is 14.8 Å². The van der Waals surface area contributed by atoms with E-state index in [1.54, 1.807) is 11.3 Å². The number of rotatable bonds is 3. The van der Waals surface area contributed by atoms with E-state index in [4.69, 9.17) is 9.47 Å². The van der Waals surface area contributed by atoms with Gasteiger partial charge in [-0.3, -0.25) is 0 Å². The van der Waals surface area contributed by atoms with Crippen molar-refractivity contribution in [2.24, 2.45) is 0 Å². The largest absolute Gasteiger partial charge is 0.490 e. The Hall–Kier alpha value is -1.11. The van der Waals surface area contributed by atoms with Crippen molar-refractivity contribution in [2.75, 3.05) is 20.3 Å². The van der Waals surface area contributed by atoms with Gasteiger partial charge in [-0.15, -0.1) is 11.3 Å². The minimum atomic E-state index is 0.0588. The zero-order valence-electron chi connectivity index (χ0n) is 11.1. The van der Waals surface area contributed by atoms with E-state index in [-0.39, 0.29) is 6.04 Å². The molecule has 0 spiro atoms. The van der Waals surface area contributed by atoms with Gasteiger partial charge in [0.25, 0.3) is 0 Å². The number of nitrogens with one attached hydrogen (secondary N) is 1. The van der Waals surface area contributed by atoms with Crippen molar-refractivity contribution in [1.29, 1.82) is 0 Å². The van der Waals surface area contributed by atoms with Gasteiger partial charge >= 0.3 is 0 Å². The average Bonchev–Trinajstić information content (AvgIpc) is 2.85. The van der Waals surface area contributed by atoms with Crippen LogP contribution in [0.5, 0.6) is 11.5 Å². The van der Waals surface area contributed by atoms with Crippen LogP contribution in [0.2, 0.25) is 0 Å². The van der Waals surface area contributed by atoms with Gasteiger partial charge in [-0.1, -0.05) is 0 Å². The Morgan fingerprint density at radius 2 is 2.20 bits per heavy atom. The van der Waals surface area contributed by atoms with Gasteiger partial charge in [-0.25, -0.2) is 4.98 Å². The van der Waals surface area contributed by atoms with E-state index in [0.717, 1.165) is 33.0 Å². The lowest BCUT2D eigenvalue weighted by Gasteiger charge is -2.17. The van der Waals surface area contributed by atoms with Crippen LogP contribution in [-0.2, 0) is 0 Å². The number of ether oxygens (including phenoxy) is 2. The van der Waals surface area contributed by atoms with Gasteiger partial charge in [0, 0.05) is 18.0 Å². The Morgan fingerprint density at radius 1 is 1.35 bits per heavy atom. The molecule has 106 valence electrons. The first-order valence-corrected chi connectivity index (χ1v) is 8.12. The zero-order valence-corrected chi connectivity index (χ0v) is 13.5. The molecule has 0 radical (unpaired) electrons. The van der Waals surface area contributed by atoms with E-state index in [1.807, 2.05) is 24.7 Å². The molecular formula is C14H15BrN2O2S. The van der Waals surface area contributed by atoms with E-state index in [0.29, 0.717) is 13.2 Å². The summed E-state index contributed by atoms with van der Waals surface area (Å²) in [6.45, 7) is 1.37. The van der Waals surface area contributed by atoms with Crippen LogP contribution in [0.3, 0.4) is 0 Å². The molecule has 1 aliphatic heterocycles. The SMILES string of the molecule is CNC(c1cc(Br)c2c(c1)OCCCO2)c1nccs1. The third kappa shape index (κ3) is 2.68. The summed E-state index contributed by atoms with van der Waals surface area (Å²) >= 11 is 5.22. The molecule has 0 saturated carbocycles. The molecule has 0 fully saturated rings. The number of benzene rings is 1.